The van der Waals surface area contributed by atoms with Crippen LogP contribution in [0.15, 0.2) is 24.4 Å². The third-order valence-electron chi connectivity index (χ3n) is 4.62. The molecule has 2 N–H and O–H groups in total. The number of nitrogens with zero attached hydrogens (tertiary/aromatic N) is 4. The Kier molecular flexibility index (Phi) is 4.35. The molecule has 0 aliphatic carbocycles. The second-order valence-corrected chi connectivity index (χ2v) is 6.38. The van der Waals surface area contributed by atoms with Gasteiger partial charge in [0, 0.05) is 38.8 Å². The molecule has 0 saturated heterocycles. The summed E-state index contributed by atoms with van der Waals surface area (Å²) < 4.78 is 14.9. The van der Waals surface area contributed by atoms with Crippen LogP contribution >= 0.6 is 0 Å². The largest absolute Gasteiger partial charge is 0.350 e. The number of aromatic amines is 1. The molecule has 27 heavy (non-hydrogen) atoms. The Labute approximate surface area is 154 Å². The number of carbonyl (C=O) groups excluding carboxylic acids is 2. The monoisotopic (exact) mass is 370 g/mol. The van der Waals surface area contributed by atoms with Crippen molar-refractivity contribution in [3.8, 4) is 0 Å². The van der Waals surface area contributed by atoms with Crippen LogP contribution in [0.25, 0.3) is 11.0 Å². The Morgan fingerprint density at radius 1 is 1.33 bits per heavy atom. The maximum Gasteiger partial charge on any atom is 0.289 e. The van der Waals surface area contributed by atoms with E-state index in [9.17, 15) is 14.0 Å². The van der Waals surface area contributed by atoms with Gasteiger partial charge < -0.3 is 19.8 Å². The summed E-state index contributed by atoms with van der Waals surface area (Å²) in [4.78, 5) is 37.9. The Morgan fingerprint density at radius 2 is 2.19 bits per heavy atom. The maximum atomic E-state index is 13.2. The van der Waals surface area contributed by atoms with E-state index in [2.05, 4.69) is 20.3 Å². The van der Waals surface area contributed by atoms with Crippen LogP contribution in [0.3, 0.4) is 0 Å². The zero-order valence-corrected chi connectivity index (χ0v) is 14.8. The van der Waals surface area contributed by atoms with Crippen LogP contribution in [0.4, 0.5) is 4.39 Å². The number of halogens is 1. The van der Waals surface area contributed by atoms with Crippen LogP contribution in [0.1, 0.15) is 33.9 Å². The fourth-order valence-electron chi connectivity index (χ4n) is 3.18. The summed E-state index contributed by atoms with van der Waals surface area (Å²) in [6, 6.07) is 4.35. The van der Waals surface area contributed by atoms with Gasteiger partial charge in [-0.3, -0.25) is 9.59 Å². The van der Waals surface area contributed by atoms with Gasteiger partial charge in [0.2, 0.25) is 0 Å². The van der Waals surface area contributed by atoms with E-state index in [-0.39, 0.29) is 23.3 Å². The number of likely N-dealkylation sites (N-methyl/N-ethyl adjacent to an activating group) is 1. The first-order chi connectivity index (χ1) is 13.0. The van der Waals surface area contributed by atoms with Crippen molar-refractivity contribution in [2.24, 2.45) is 0 Å². The zero-order valence-electron chi connectivity index (χ0n) is 14.8. The molecule has 2 amide bonds. The molecular weight excluding hydrogens is 351 g/mol. The van der Waals surface area contributed by atoms with Crippen molar-refractivity contribution in [3.05, 3.63) is 47.6 Å². The second kappa shape index (κ2) is 6.82. The maximum absolute atomic E-state index is 13.2. The predicted octanol–water partition coefficient (Wildman–Crippen LogP) is 1.35. The lowest BCUT2D eigenvalue weighted by Crippen LogP contribution is -2.40. The van der Waals surface area contributed by atoms with Crippen LogP contribution in [0.2, 0.25) is 0 Å². The van der Waals surface area contributed by atoms with Gasteiger partial charge in [-0.2, -0.15) is 0 Å². The highest BCUT2D eigenvalue weighted by molar-refractivity contribution is 5.96. The molecule has 3 heterocycles. The molecule has 3 aromatic rings. The highest BCUT2D eigenvalue weighted by Crippen LogP contribution is 2.14. The summed E-state index contributed by atoms with van der Waals surface area (Å²) in [7, 11) is 0. The number of hydrogen-bond acceptors (Lipinski definition) is 4. The number of carbonyl (C=O) groups is 2. The predicted molar refractivity (Wildman–Crippen MR) is 95.9 cm³/mol. The molecule has 140 valence electrons. The number of benzene rings is 1. The van der Waals surface area contributed by atoms with E-state index in [1.807, 2.05) is 6.92 Å². The van der Waals surface area contributed by atoms with Crippen LogP contribution in [0.5, 0.6) is 0 Å². The molecule has 0 unspecified atom stereocenters. The van der Waals surface area contributed by atoms with Gasteiger partial charge in [0.15, 0.2) is 5.82 Å². The van der Waals surface area contributed by atoms with Crippen molar-refractivity contribution in [1.29, 1.82) is 0 Å². The molecule has 0 fully saturated rings. The molecule has 0 bridgehead atoms. The van der Waals surface area contributed by atoms with Gasteiger partial charge in [-0.25, -0.2) is 14.4 Å². The fourth-order valence-corrected chi connectivity index (χ4v) is 3.18. The third kappa shape index (κ3) is 3.27. The number of nitrogens with one attached hydrogen (secondary N) is 2. The van der Waals surface area contributed by atoms with Crippen LogP contribution < -0.4 is 5.32 Å². The number of rotatable bonds is 5. The second-order valence-electron chi connectivity index (χ2n) is 6.38. The topological polar surface area (TPSA) is 95.9 Å². The average Bonchev–Trinajstić information content (AvgIpc) is 3.26. The number of aromatic nitrogens is 4. The van der Waals surface area contributed by atoms with Gasteiger partial charge in [-0.1, -0.05) is 0 Å². The lowest BCUT2D eigenvalue weighted by atomic mass is 10.3. The average molecular weight is 370 g/mol. The number of H-pyrrole nitrogens is 1. The molecule has 4 rings (SSSR count). The molecule has 2 aromatic heterocycles. The fraction of sp³-hybridized carbons (Fsp3) is 0.333. The van der Waals surface area contributed by atoms with Crippen LogP contribution in [-0.2, 0) is 13.0 Å². The first-order valence-electron chi connectivity index (χ1n) is 8.84. The summed E-state index contributed by atoms with van der Waals surface area (Å²) in [5, 5.41) is 2.78. The van der Waals surface area contributed by atoms with E-state index in [0.29, 0.717) is 55.3 Å². The standard InChI is InChI=1S/C18H19FN6O2/c1-2-24-7-8-25-10-14(23-16(25)18(24)27)17(26)20-6-5-15-21-12-4-3-11(19)9-13(12)22-15/h3-4,9-10H,2,5-8H2,1H3,(H,20,26)(H,21,22). The summed E-state index contributed by atoms with van der Waals surface area (Å²) in [5.41, 5.74) is 1.53. The van der Waals surface area contributed by atoms with Gasteiger partial charge >= 0.3 is 0 Å². The van der Waals surface area contributed by atoms with Crippen molar-refractivity contribution in [2.45, 2.75) is 19.9 Å². The summed E-state index contributed by atoms with van der Waals surface area (Å²) >= 11 is 0. The third-order valence-corrected chi connectivity index (χ3v) is 4.62. The Balaban J connectivity index is 1.39. The first-order valence-corrected chi connectivity index (χ1v) is 8.84. The minimum Gasteiger partial charge on any atom is -0.350 e. The summed E-state index contributed by atoms with van der Waals surface area (Å²) in [5.74, 6) is 0.138. The van der Waals surface area contributed by atoms with E-state index in [1.165, 1.54) is 12.1 Å². The lowest BCUT2D eigenvalue weighted by molar-refractivity contribution is 0.0707. The minimum atomic E-state index is -0.338. The molecule has 8 nitrogen and oxygen atoms in total. The molecule has 1 aliphatic heterocycles. The van der Waals surface area contributed by atoms with Crippen molar-refractivity contribution in [1.82, 2.24) is 29.7 Å². The number of amides is 2. The molecular formula is C18H19FN6O2. The van der Waals surface area contributed by atoms with Crippen LogP contribution in [0, 0.1) is 5.82 Å². The van der Waals surface area contributed by atoms with Gasteiger partial charge in [0.1, 0.15) is 17.3 Å². The Morgan fingerprint density at radius 3 is 3.00 bits per heavy atom. The quantitative estimate of drug-likeness (QED) is 0.709. The van der Waals surface area contributed by atoms with Gasteiger partial charge in [0.25, 0.3) is 11.8 Å². The normalized spacial score (nSPS) is 13.9. The number of fused-ring (bicyclic) bond motifs is 2. The van der Waals surface area contributed by atoms with Crippen molar-refractivity contribution in [3.63, 3.8) is 0 Å². The Bertz CT molecular complexity index is 1020. The molecule has 1 aromatic carbocycles. The molecule has 0 atom stereocenters. The SMILES string of the molecule is CCN1CCn2cc(C(=O)NCCc3nc4ccc(F)cc4[nH]3)nc2C1=O. The van der Waals surface area contributed by atoms with Gasteiger partial charge in [0.05, 0.1) is 11.0 Å². The molecule has 9 heteroatoms. The van der Waals surface area contributed by atoms with Crippen molar-refractivity contribution in [2.75, 3.05) is 19.6 Å². The zero-order chi connectivity index (χ0) is 19.0. The van der Waals surface area contributed by atoms with E-state index in [4.69, 9.17) is 0 Å². The molecule has 1 aliphatic rings. The number of hydrogen-bond donors (Lipinski definition) is 2. The van der Waals surface area contributed by atoms with Crippen molar-refractivity contribution >= 4 is 22.8 Å². The molecule has 0 saturated carbocycles. The summed E-state index contributed by atoms with van der Waals surface area (Å²) in [6.07, 6.45) is 2.08. The van der Waals surface area contributed by atoms with E-state index in [1.54, 1.807) is 21.7 Å². The van der Waals surface area contributed by atoms with Gasteiger partial charge in [-0.05, 0) is 25.1 Å². The van der Waals surface area contributed by atoms with E-state index < -0.39 is 0 Å². The lowest BCUT2D eigenvalue weighted by Gasteiger charge is -2.25. The van der Waals surface area contributed by atoms with Crippen molar-refractivity contribution < 1.29 is 14.0 Å². The van der Waals surface area contributed by atoms with Crippen LogP contribution in [-0.4, -0.2) is 55.9 Å². The highest BCUT2D eigenvalue weighted by Gasteiger charge is 2.27. The Hall–Kier alpha value is -3.23. The summed E-state index contributed by atoms with van der Waals surface area (Å²) in [6.45, 7) is 4.13. The smallest absolute Gasteiger partial charge is 0.289 e. The van der Waals surface area contributed by atoms with Gasteiger partial charge in [-0.15, -0.1) is 0 Å². The first kappa shape index (κ1) is 17.2. The highest BCUT2D eigenvalue weighted by atomic mass is 19.1. The number of imidazole rings is 2. The van der Waals surface area contributed by atoms with E-state index in [0.717, 1.165) is 0 Å². The minimum absolute atomic E-state index is 0.155. The van der Waals surface area contributed by atoms with E-state index >= 15 is 0 Å². The molecule has 0 spiro atoms. The molecule has 0 radical (unpaired) electrons.